The first kappa shape index (κ1) is 15.1. The zero-order chi connectivity index (χ0) is 14.4. The van der Waals surface area contributed by atoms with E-state index >= 15 is 0 Å². The molecule has 5 nitrogen and oxygen atoms in total. The highest BCUT2D eigenvalue weighted by Gasteiger charge is 2.22. The van der Waals surface area contributed by atoms with Crippen molar-refractivity contribution in [3.8, 4) is 0 Å². The molecule has 0 aromatic carbocycles. The number of hydrogen-bond donors (Lipinski definition) is 1. The van der Waals surface area contributed by atoms with E-state index in [-0.39, 0.29) is 18.4 Å². The summed E-state index contributed by atoms with van der Waals surface area (Å²) in [5.74, 6) is -1.37. The number of amides is 1. The van der Waals surface area contributed by atoms with Gasteiger partial charge < -0.3 is 10.0 Å². The van der Waals surface area contributed by atoms with Crippen molar-refractivity contribution in [1.29, 1.82) is 0 Å². The molecule has 1 rings (SSSR count). The lowest BCUT2D eigenvalue weighted by molar-refractivity contribution is -0.141. The Hall–Kier alpha value is -1.91. The minimum absolute atomic E-state index is 0.171. The van der Waals surface area contributed by atoms with E-state index in [0.29, 0.717) is 12.1 Å². The van der Waals surface area contributed by atoms with Gasteiger partial charge in [0.1, 0.15) is 0 Å². The summed E-state index contributed by atoms with van der Waals surface area (Å²) >= 11 is 0. The van der Waals surface area contributed by atoms with E-state index < -0.39 is 11.9 Å². The van der Waals surface area contributed by atoms with Gasteiger partial charge in [0.05, 0.1) is 11.5 Å². The van der Waals surface area contributed by atoms with Gasteiger partial charge in [-0.05, 0) is 18.1 Å². The molecule has 0 spiro atoms. The van der Waals surface area contributed by atoms with Crippen LogP contribution < -0.4 is 0 Å². The highest BCUT2D eigenvalue weighted by Crippen LogP contribution is 2.10. The second-order valence-corrected chi connectivity index (χ2v) is 5.08. The lowest BCUT2D eigenvalue weighted by Crippen LogP contribution is -2.39. The molecule has 1 unspecified atom stereocenters. The summed E-state index contributed by atoms with van der Waals surface area (Å²) in [6, 6.07) is 3.38. The standard InChI is InChI=1S/C14H20N2O3/c1-10(2)8-16(9-11(3)14(18)19)13(17)12-5-4-6-15-7-12/h4-7,10-11H,8-9H2,1-3H3,(H,18,19). The van der Waals surface area contributed by atoms with Gasteiger partial charge in [-0.15, -0.1) is 0 Å². The van der Waals surface area contributed by atoms with Crippen molar-refractivity contribution in [1.82, 2.24) is 9.88 Å². The molecule has 0 fully saturated rings. The predicted octanol–water partition coefficient (Wildman–Crippen LogP) is 1.90. The third-order valence-corrected chi connectivity index (χ3v) is 2.70. The maximum absolute atomic E-state index is 12.3. The second-order valence-electron chi connectivity index (χ2n) is 5.08. The number of carboxylic acids is 1. The van der Waals surface area contributed by atoms with Crippen LogP contribution in [0.4, 0.5) is 0 Å². The number of rotatable bonds is 6. The third kappa shape index (κ3) is 4.69. The quantitative estimate of drug-likeness (QED) is 0.852. The van der Waals surface area contributed by atoms with E-state index in [1.165, 1.54) is 6.20 Å². The van der Waals surface area contributed by atoms with Gasteiger partial charge in [0.25, 0.3) is 5.91 Å². The summed E-state index contributed by atoms with van der Waals surface area (Å²) in [6.07, 6.45) is 3.10. The summed E-state index contributed by atoms with van der Waals surface area (Å²) in [5.41, 5.74) is 0.487. The maximum atomic E-state index is 12.3. The molecule has 1 aromatic heterocycles. The Kier molecular flexibility index (Phi) is 5.48. The molecule has 0 aliphatic carbocycles. The van der Waals surface area contributed by atoms with Gasteiger partial charge in [0.15, 0.2) is 0 Å². The van der Waals surface area contributed by atoms with Crippen molar-refractivity contribution in [3.05, 3.63) is 30.1 Å². The summed E-state index contributed by atoms with van der Waals surface area (Å²) in [6.45, 7) is 6.34. The van der Waals surface area contributed by atoms with Crippen molar-refractivity contribution < 1.29 is 14.7 Å². The fourth-order valence-corrected chi connectivity index (χ4v) is 1.76. The first-order chi connectivity index (χ1) is 8.91. The Bertz CT molecular complexity index is 432. The van der Waals surface area contributed by atoms with Crippen LogP contribution >= 0.6 is 0 Å². The zero-order valence-corrected chi connectivity index (χ0v) is 11.5. The second kappa shape index (κ2) is 6.87. The number of hydrogen-bond acceptors (Lipinski definition) is 3. The molecule has 0 saturated heterocycles. The van der Waals surface area contributed by atoms with E-state index in [1.807, 2.05) is 13.8 Å². The van der Waals surface area contributed by atoms with Crippen LogP contribution in [0.2, 0.25) is 0 Å². The van der Waals surface area contributed by atoms with Gasteiger partial charge in [0.2, 0.25) is 0 Å². The molecule has 1 N–H and O–H groups in total. The van der Waals surface area contributed by atoms with E-state index in [2.05, 4.69) is 4.98 Å². The molecule has 5 heteroatoms. The average molecular weight is 264 g/mol. The minimum Gasteiger partial charge on any atom is -0.481 e. The SMILES string of the molecule is CC(C)CN(CC(C)C(=O)O)C(=O)c1cccnc1. The zero-order valence-electron chi connectivity index (χ0n) is 11.5. The Morgan fingerprint density at radius 2 is 2.00 bits per heavy atom. The number of pyridine rings is 1. The summed E-state index contributed by atoms with van der Waals surface area (Å²) in [5, 5.41) is 8.97. The summed E-state index contributed by atoms with van der Waals surface area (Å²) in [7, 11) is 0. The minimum atomic E-state index is -0.896. The van der Waals surface area contributed by atoms with Crippen LogP contribution in [-0.2, 0) is 4.79 Å². The first-order valence-electron chi connectivity index (χ1n) is 6.34. The van der Waals surface area contributed by atoms with Crippen LogP contribution in [-0.4, -0.2) is 40.0 Å². The molecular weight excluding hydrogens is 244 g/mol. The highest BCUT2D eigenvalue weighted by atomic mass is 16.4. The van der Waals surface area contributed by atoms with Crippen molar-refractivity contribution in [3.63, 3.8) is 0 Å². The van der Waals surface area contributed by atoms with E-state index in [9.17, 15) is 9.59 Å². The smallest absolute Gasteiger partial charge is 0.308 e. The van der Waals surface area contributed by atoms with Gasteiger partial charge in [0, 0.05) is 25.5 Å². The van der Waals surface area contributed by atoms with Gasteiger partial charge in [-0.25, -0.2) is 0 Å². The monoisotopic (exact) mass is 264 g/mol. The Labute approximate surface area is 113 Å². The topological polar surface area (TPSA) is 70.5 Å². The number of carbonyl (C=O) groups excluding carboxylic acids is 1. The van der Waals surface area contributed by atoms with Crippen LogP contribution in [0.25, 0.3) is 0 Å². The molecule has 1 amide bonds. The van der Waals surface area contributed by atoms with Gasteiger partial charge >= 0.3 is 5.97 Å². The third-order valence-electron chi connectivity index (χ3n) is 2.70. The number of aliphatic carboxylic acids is 1. The van der Waals surface area contributed by atoms with Crippen molar-refractivity contribution in [2.75, 3.05) is 13.1 Å². The Morgan fingerprint density at radius 3 is 2.47 bits per heavy atom. The first-order valence-corrected chi connectivity index (χ1v) is 6.34. The predicted molar refractivity (Wildman–Crippen MR) is 71.8 cm³/mol. The van der Waals surface area contributed by atoms with E-state index in [1.54, 1.807) is 30.2 Å². The molecule has 0 aliphatic heterocycles. The average Bonchev–Trinajstić information content (AvgIpc) is 2.37. The van der Waals surface area contributed by atoms with Crippen LogP contribution in [0.15, 0.2) is 24.5 Å². The van der Waals surface area contributed by atoms with E-state index in [4.69, 9.17) is 5.11 Å². The van der Waals surface area contributed by atoms with Crippen LogP contribution in [0.5, 0.6) is 0 Å². The van der Waals surface area contributed by atoms with Crippen molar-refractivity contribution >= 4 is 11.9 Å². The van der Waals surface area contributed by atoms with Gasteiger partial charge in [-0.1, -0.05) is 20.8 Å². The van der Waals surface area contributed by atoms with Gasteiger partial charge in [-0.3, -0.25) is 14.6 Å². The summed E-state index contributed by atoms with van der Waals surface area (Å²) < 4.78 is 0. The number of nitrogens with zero attached hydrogens (tertiary/aromatic N) is 2. The molecule has 0 radical (unpaired) electrons. The molecule has 1 atom stereocenters. The van der Waals surface area contributed by atoms with Crippen LogP contribution in [0.1, 0.15) is 31.1 Å². The number of carboxylic acid groups (broad SMARTS) is 1. The molecule has 1 heterocycles. The Balaban J connectivity index is 2.84. The highest BCUT2D eigenvalue weighted by molar-refractivity contribution is 5.94. The van der Waals surface area contributed by atoms with Crippen LogP contribution in [0.3, 0.4) is 0 Å². The fourth-order valence-electron chi connectivity index (χ4n) is 1.76. The van der Waals surface area contributed by atoms with Crippen molar-refractivity contribution in [2.24, 2.45) is 11.8 Å². The Morgan fingerprint density at radius 1 is 1.32 bits per heavy atom. The van der Waals surface area contributed by atoms with Crippen LogP contribution in [0, 0.1) is 11.8 Å². The summed E-state index contributed by atoms with van der Waals surface area (Å²) in [4.78, 5) is 28.8. The number of aromatic nitrogens is 1. The van der Waals surface area contributed by atoms with Crippen molar-refractivity contribution in [2.45, 2.75) is 20.8 Å². The maximum Gasteiger partial charge on any atom is 0.308 e. The van der Waals surface area contributed by atoms with E-state index in [0.717, 1.165) is 0 Å². The normalized spacial score (nSPS) is 12.2. The molecule has 0 saturated carbocycles. The lowest BCUT2D eigenvalue weighted by Gasteiger charge is -2.26. The molecular formula is C14H20N2O3. The molecule has 0 bridgehead atoms. The largest absolute Gasteiger partial charge is 0.481 e. The number of carbonyl (C=O) groups is 2. The lowest BCUT2D eigenvalue weighted by atomic mass is 10.1. The molecule has 0 aliphatic rings. The molecule has 104 valence electrons. The molecule has 1 aromatic rings. The van der Waals surface area contributed by atoms with Gasteiger partial charge in [-0.2, -0.15) is 0 Å². The fraction of sp³-hybridized carbons (Fsp3) is 0.500. The molecule has 19 heavy (non-hydrogen) atoms.